The highest BCUT2D eigenvalue weighted by atomic mass is 16.6. The molecule has 0 aromatic heterocycles. The molecule has 0 radical (unpaired) electrons. The van der Waals surface area contributed by atoms with Crippen LogP contribution in [0.4, 0.5) is 5.69 Å². The van der Waals surface area contributed by atoms with E-state index >= 15 is 0 Å². The quantitative estimate of drug-likeness (QED) is 0.482. The number of hydrogen-bond acceptors (Lipinski definition) is 3. The fraction of sp³-hybridized carbons (Fsp3) is 0.385. The Balaban J connectivity index is 2.92. The summed E-state index contributed by atoms with van der Waals surface area (Å²) in [4.78, 5) is 10.3. The second-order valence-corrected chi connectivity index (χ2v) is 3.87. The van der Waals surface area contributed by atoms with Gasteiger partial charge in [-0.1, -0.05) is 25.0 Å². The number of nitrogens with one attached hydrogen (secondary N) is 1. The highest BCUT2D eigenvalue weighted by molar-refractivity contribution is 5.35. The molecule has 0 aliphatic rings. The lowest BCUT2D eigenvalue weighted by atomic mass is 10.0. The molecule has 0 saturated carbocycles. The van der Waals surface area contributed by atoms with Crippen molar-refractivity contribution in [2.45, 2.75) is 32.4 Å². The second-order valence-electron chi connectivity index (χ2n) is 3.87. The summed E-state index contributed by atoms with van der Waals surface area (Å²) in [6.45, 7) is 3.90. The van der Waals surface area contributed by atoms with E-state index in [2.05, 4.69) is 11.2 Å². The van der Waals surface area contributed by atoms with Crippen molar-refractivity contribution in [1.29, 1.82) is 0 Å². The molecule has 1 aromatic rings. The summed E-state index contributed by atoms with van der Waals surface area (Å²) in [6, 6.07) is 6.63. The molecule has 0 saturated heterocycles. The zero-order valence-corrected chi connectivity index (χ0v) is 10.0. The van der Waals surface area contributed by atoms with E-state index in [1.54, 1.807) is 12.1 Å². The molecule has 2 atom stereocenters. The van der Waals surface area contributed by atoms with Crippen molar-refractivity contribution in [3.63, 3.8) is 0 Å². The number of benzene rings is 1. The fourth-order valence-corrected chi connectivity index (χ4v) is 1.65. The molecular weight excluding hydrogens is 216 g/mol. The lowest BCUT2D eigenvalue weighted by Crippen LogP contribution is -2.28. The van der Waals surface area contributed by atoms with E-state index in [0.717, 1.165) is 12.0 Å². The number of terminal acetylenes is 1. The molecule has 0 aliphatic carbocycles. The third-order valence-corrected chi connectivity index (χ3v) is 2.59. The van der Waals surface area contributed by atoms with Crippen molar-refractivity contribution < 1.29 is 4.92 Å². The first-order valence-electron chi connectivity index (χ1n) is 5.55. The third kappa shape index (κ3) is 3.58. The summed E-state index contributed by atoms with van der Waals surface area (Å²) in [6.07, 6.45) is 6.14. The van der Waals surface area contributed by atoms with Gasteiger partial charge in [0, 0.05) is 18.2 Å². The molecule has 4 heteroatoms. The minimum atomic E-state index is -0.388. The molecule has 2 unspecified atom stereocenters. The van der Waals surface area contributed by atoms with E-state index < -0.39 is 0 Å². The standard InChI is InChI=1S/C13H16N2O2/c1-4-10(3)14-13(5-2)11-7-6-8-12(9-11)15(16)17/h1,6-10,13-14H,5H2,2-3H3. The molecule has 0 bridgehead atoms. The molecule has 1 N–H and O–H groups in total. The van der Waals surface area contributed by atoms with Gasteiger partial charge in [0.25, 0.3) is 5.69 Å². The van der Waals surface area contributed by atoms with Gasteiger partial charge in [-0.15, -0.1) is 6.42 Å². The minimum Gasteiger partial charge on any atom is -0.297 e. The summed E-state index contributed by atoms with van der Waals surface area (Å²) in [7, 11) is 0. The average molecular weight is 232 g/mol. The Kier molecular flexibility index (Phi) is 4.68. The number of nitro benzene ring substituents is 1. The monoisotopic (exact) mass is 232 g/mol. The lowest BCUT2D eigenvalue weighted by Gasteiger charge is -2.19. The Morgan fingerprint density at radius 3 is 2.82 bits per heavy atom. The largest absolute Gasteiger partial charge is 0.297 e. The van der Waals surface area contributed by atoms with E-state index in [1.807, 2.05) is 19.9 Å². The van der Waals surface area contributed by atoms with Gasteiger partial charge >= 0.3 is 0 Å². The van der Waals surface area contributed by atoms with Crippen molar-refractivity contribution in [2.75, 3.05) is 0 Å². The van der Waals surface area contributed by atoms with Gasteiger partial charge < -0.3 is 0 Å². The molecule has 0 aliphatic heterocycles. The minimum absolute atomic E-state index is 0.0425. The van der Waals surface area contributed by atoms with Gasteiger partial charge in [-0.2, -0.15) is 0 Å². The van der Waals surface area contributed by atoms with Crippen molar-refractivity contribution in [3.8, 4) is 12.3 Å². The molecule has 17 heavy (non-hydrogen) atoms. The van der Waals surface area contributed by atoms with E-state index in [0.29, 0.717) is 0 Å². The number of hydrogen-bond donors (Lipinski definition) is 1. The zero-order chi connectivity index (χ0) is 12.8. The van der Waals surface area contributed by atoms with Crippen LogP contribution in [0.15, 0.2) is 24.3 Å². The lowest BCUT2D eigenvalue weighted by molar-refractivity contribution is -0.384. The van der Waals surface area contributed by atoms with Crippen LogP contribution in [-0.2, 0) is 0 Å². The molecule has 1 aromatic carbocycles. The van der Waals surface area contributed by atoms with E-state index in [-0.39, 0.29) is 22.7 Å². The number of non-ortho nitro benzene ring substituents is 1. The van der Waals surface area contributed by atoms with Gasteiger partial charge in [-0.05, 0) is 18.9 Å². The molecule has 90 valence electrons. The Hall–Kier alpha value is -1.86. The zero-order valence-electron chi connectivity index (χ0n) is 10.0. The van der Waals surface area contributed by atoms with Crippen LogP contribution in [0.25, 0.3) is 0 Å². The Labute approximate surface area is 101 Å². The Morgan fingerprint density at radius 1 is 1.59 bits per heavy atom. The molecule has 1 rings (SSSR count). The smallest absolute Gasteiger partial charge is 0.269 e. The first kappa shape index (κ1) is 13.2. The Morgan fingerprint density at radius 2 is 2.29 bits per heavy atom. The first-order valence-corrected chi connectivity index (χ1v) is 5.55. The van der Waals surface area contributed by atoms with Crippen LogP contribution in [0.1, 0.15) is 31.9 Å². The molecule has 0 amide bonds. The molecule has 0 spiro atoms. The van der Waals surface area contributed by atoms with Gasteiger partial charge in [0.15, 0.2) is 0 Å². The maximum absolute atomic E-state index is 10.7. The number of nitrogens with zero attached hydrogens (tertiary/aromatic N) is 1. The summed E-state index contributed by atoms with van der Waals surface area (Å²) in [5.41, 5.74) is 1.000. The predicted octanol–water partition coefficient (Wildman–Crippen LogP) is 2.66. The second kappa shape index (κ2) is 6.02. The SMILES string of the molecule is C#CC(C)NC(CC)c1cccc([N+](=O)[O-])c1. The van der Waals surface area contributed by atoms with Crippen LogP contribution in [0.2, 0.25) is 0 Å². The highest BCUT2D eigenvalue weighted by Gasteiger charge is 2.14. The number of nitro groups is 1. The third-order valence-electron chi connectivity index (χ3n) is 2.59. The van der Waals surface area contributed by atoms with Crippen LogP contribution in [-0.4, -0.2) is 11.0 Å². The Bertz CT molecular complexity index is 437. The van der Waals surface area contributed by atoms with Crippen molar-refractivity contribution >= 4 is 5.69 Å². The van der Waals surface area contributed by atoms with Crippen LogP contribution < -0.4 is 5.32 Å². The highest BCUT2D eigenvalue weighted by Crippen LogP contribution is 2.21. The van der Waals surface area contributed by atoms with Gasteiger partial charge in [0.2, 0.25) is 0 Å². The maximum Gasteiger partial charge on any atom is 0.269 e. The molecule has 0 fully saturated rings. The van der Waals surface area contributed by atoms with Crippen LogP contribution in [0, 0.1) is 22.5 Å². The number of rotatable bonds is 5. The molecule has 4 nitrogen and oxygen atoms in total. The molecular formula is C13H16N2O2. The summed E-state index contributed by atoms with van der Waals surface area (Å²) in [5, 5.41) is 13.9. The van der Waals surface area contributed by atoms with Crippen LogP contribution in [0.3, 0.4) is 0 Å². The van der Waals surface area contributed by atoms with E-state index in [9.17, 15) is 10.1 Å². The van der Waals surface area contributed by atoms with Crippen LogP contribution in [0.5, 0.6) is 0 Å². The van der Waals surface area contributed by atoms with Crippen molar-refractivity contribution in [2.24, 2.45) is 0 Å². The molecule has 0 heterocycles. The average Bonchev–Trinajstić information content (AvgIpc) is 2.35. The maximum atomic E-state index is 10.7. The summed E-state index contributed by atoms with van der Waals surface area (Å²) >= 11 is 0. The van der Waals surface area contributed by atoms with Crippen molar-refractivity contribution in [3.05, 3.63) is 39.9 Å². The summed E-state index contributed by atoms with van der Waals surface area (Å²) in [5.74, 6) is 2.59. The fourth-order valence-electron chi connectivity index (χ4n) is 1.65. The van der Waals surface area contributed by atoms with E-state index in [1.165, 1.54) is 6.07 Å². The predicted molar refractivity (Wildman–Crippen MR) is 67.6 cm³/mol. The normalized spacial score (nSPS) is 13.7. The van der Waals surface area contributed by atoms with Gasteiger partial charge in [0.1, 0.15) is 0 Å². The van der Waals surface area contributed by atoms with E-state index in [4.69, 9.17) is 6.42 Å². The van der Waals surface area contributed by atoms with Gasteiger partial charge in [-0.25, -0.2) is 0 Å². The first-order chi connectivity index (χ1) is 8.08. The van der Waals surface area contributed by atoms with Crippen LogP contribution >= 0.6 is 0 Å². The topological polar surface area (TPSA) is 55.2 Å². The van der Waals surface area contributed by atoms with Gasteiger partial charge in [0.05, 0.1) is 11.0 Å². The van der Waals surface area contributed by atoms with Gasteiger partial charge in [-0.3, -0.25) is 15.4 Å². The van der Waals surface area contributed by atoms with Crippen molar-refractivity contribution in [1.82, 2.24) is 5.32 Å². The summed E-state index contributed by atoms with van der Waals surface area (Å²) < 4.78 is 0.